The number of benzene rings is 4. The van der Waals surface area contributed by atoms with Gasteiger partial charge < -0.3 is 33.9 Å². The molecular formula is C45H44N8O4. The minimum Gasteiger partial charge on any atom is -0.385 e. The first-order chi connectivity index (χ1) is 27.7. The first kappa shape index (κ1) is 37.5. The van der Waals surface area contributed by atoms with Gasteiger partial charge in [-0.2, -0.15) is 0 Å². The summed E-state index contributed by atoms with van der Waals surface area (Å²) in [7, 11) is 1.71. The van der Waals surface area contributed by atoms with Crippen LogP contribution in [0.5, 0.6) is 0 Å². The van der Waals surface area contributed by atoms with Crippen molar-refractivity contribution in [2.45, 2.75) is 57.7 Å². The van der Waals surface area contributed by atoms with E-state index in [0.717, 1.165) is 38.6 Å². The van der Waals surface area contributed by atoms with Crippen molar-refractivity contribution in [1.82, 2.24) is 33.6 Å². The number of carbonyl (C=O) groups excluding carboxylic acids is 1. The van der Waals surface area contributed by atoms with Crippen LogP contribution in [0.25, 0.3) is 21.7 Å². The first-order valence-corrected chi connectivity index (χ1v) is 19.0. The summed E-state index contributed by atoms with van der Waals surface area (Å²) in [6, 6.07) is 35.7. The molecule has 288 valence electrons. The number of likely N-dealkylation sites (N-methyl/N-ethyl adjacent to an activating group) is 1. The standard InChI is InChI=1S/C45H44N8O4/c1-30(54)43-47-25-38(53(43)29-42(57)50(2)36-13-4-3-5-14-36)24-41(56)45-48-26-37(52(45)27-31-16-17-32-10-6-7-12-34(32)22-31)23-40(55)44-46-20-21-51(44)28-35-19-18-33-11-8-9-15-39(33)49-35/h3-22,25-26,30,40-41,54-56H,23-24,27-29H2,1-2H3. The van der Waals surface area contributed by atoms with Gasteiger partial charge in [0.05, 0.1) is 17.8 Å². The van der Waals surface area contributed by atoms with Crippen molar-refractivity contribution in [3.05, 3.63) is 174 Å². The van der Waals surface area contributed by atoms with Crippen LogP contribution < -0.4 is 4.90 Å². The molecule has 3 atom stereocenters. The molecule has 57 heavy (non-hydrogen) atoms. The summed E-state index contributed by atoms with van der Waals surface area (Å²) in [5.74, 6) is 1.00. The first-order valence-electron chi connectivity index (χ1n) is 19.0. The van der Waals surface area contributed by atoms with Crippen LogP contribution in [0.3, 0.4) is 0 Å². The van der Waals surface area contributed by atoms with Gasteiger partial charge in [-0.1, -0.05) is 78.9 Å². The van der Waals surface area contributed by atoms with Gasteiger partial charge in [-0.15, -0.1) is 0 Å². The quantitative estimate of drug-likeness (QED) is 0.116. The third kappa shape index (κ3) is 8.10. The zero-order chi connectivity index (χ0) is 39.5. The van der Waals surface area contributed by atoms with Crippen molar-refractivity contribution in [2.24, 2.45) is 0 Å². The second-order valence-electron chi connectivity index (χ2n) is 14.4. The van der Waals surface area contributed by atoms with Gasteiger partial charge in [0, 0.05) is 73.7 Å². The third-order valence-electron chi connectivity index (χ3n) is 10.4. The Labute approximate surface area is 330 Å². The number of aliphatic hydroxyl groups excluding tert-OH is 3. The molecule has 0 spiro atoms. The average molecular weight is 761 g/mol. The number of hydrogen-bond acceptors (Lipinski definition) is 8. The Balaban J connectivity index is 1.08. The van der Waals surface area contributed by atoms with Gasteiger partial charge >= 0.3 is 0 Å². The molecular weight excluding hydrogens is 717 g/mol. The zero-order valence-corrected chi connectivity index (χ0v) is 31.8. The van der Waals surface area contributed by atoms with Gasteiger partial charge in [0.15, 0.2) is 0 Å². The number of pyridine rings is 1. The number of amides is 1. The highest BCUT2D eigenvalue weighted by molar-refractivity contribution is 5.92. The number of rotatable bonds is 14. The second-order valence-corrected chi connectivity index (χ2v) is 14.4. The summed E-state index contributed by atoms with van der Waals surface area (Å²) in [4.78, 5) is 33.6. The maximum Gasteiger partial charge on any atom is 0.246 e. The second kappa shape index (κ2) is 16.3. The maximum absolute atomic E-state index is 13.5. The maximum atomic E-state index is 13.5. The van der Waals surface area contributed by atoms with Crippen molar-refractivity contribution in [1.29, 1.82) is 0 Å². The van der Waals surface area contributed by atoms with E-state index >= 15 is 0 Å². The number of imidazole rings is 3. The van der Waals surface area contributed by atoms with Crippen molar-refractivity contribution in [3.8, 4) is 0 Å². The summed E-state index contributed by atoms with van der Waals surface area (Å²) in [6.07, 6.45) is 4.00. The fourth-order valence-electron chi connectivity index (χ4n) is 7.40. The molecule has 0 saturated carbocycles. The number of nitrogens with zero attached hydrogens (tertiary/aromatic N) is 8. The van der Waals surface area contributed by atoms with Gasteiger partial charge in [-0.3, -0.25) is 9.78 Å². The van der Waals surface area contributed by atoms with Gasteiger partial charge in [0.1, 0.15) is 42.3 Å². The van der Waals surface area contributed by atoms with Crippen molar-refractivity contribution < 1.29 is 20.1 Å². The van der Waals surface area contributed by atoms with Crippen LogP contribution in [0.15, 0.2) is 134 Å². The van der Waals surface area contributed by atoms with Crippen LogP contribution in [0.4, 0.5) is 5.69 Å². The van der Waals surface area contributed by atoms with E-state index in [4.69, 9.17) is 9.97 Å². The van der Waals surface area contributed by atoms with Gasteiger partial charge in [0.2, 0.25) is 5.91 Å². The van der Waals surface area contributed by atoms with E-state index in [-0.39, 0.29) is 25.3 Å². The molecule has 4 aromatic heterocycles. The number of hydrogen-bond donors (Lipinski definition) is 3. The molecule has 0 aliphatic carbocycles. The molecule has 3 N–H and O–H groups in total. The molecule has 1 amide bonds. The SMILES string of the molecule is CC(O)c1ncc(CC(O)c2ncc(CC(O)c3nccn3Cc3ccc4ccccc4n3)n2Cc2ccc3ccccc3c2)n1CC(=O)N(C)c1ccccc1. The molecule has 0 saturated heterocycles. The predicted octanol–water partition coefficient (Wildman–Crippen LogP) is 6.34. The molecule has 0 aliphatic rings. The Kier molecular flexibility index (Phi) is 10.7. The van der Waals surface area contributed by atoms with E-state index < -0.39 is 18.3 Å². The molecule has 0 aliphatic heterocycles. The highest BCUT2D eigenvalue weighted by atomic mass is 16.3. The van der Waals surface area contributed by atoms with Crippen LogP contribution in [-0.4, -0.2) is 61.9 Å². The van der Waals surface area contributed by atoms with E-state index in [2.05, 4.69) is 40.3 Å². The Morgan fingerprint density at radius 1 is 0.684 bits per heavy atom. The number of aromatic nitrogens is 7. The summed E-state index contributed by atoms with van der Waals surface area (Å²) in [6.45, 7) is 2.33. The van der Waals surface area contributed by atoms with Gasteiger partial charge in [0.25, 0.3) is 0 Å². The van der Waals surface area contributed by atoms with Crippen molar-refractivity contribution in [3.63, 3.8) is 0 Å². The number of aliphatic hydroxyl groups is 3. The van der Waals surface area contributed by atoms with Crippen LogP contribution >= 0.6 is 0 Å². The molecule has 12 nitrogen and oxygen atoms in total. The van der Waals surface area contributed by atoms with E-state index in [9.17, 15) is 20.1 Å². The lowest BCUT2D eigenvalue weighted by molar-refractivity contribution is -0.119. The number of para-hydroxylation sites is 2. The van der Waals surface area contributed by atoms with E-state index in [0.29, 0.717) is 42.0 Å². The van der Waals surface area contributed by atoms with Crippen LogP contribution in [0.2, 0.25) is 0 Å². The predicted molar refractivity (Wildman–Crippen MR) is 218 cm³/mol. The van der Waals surface area contributed by atoms with Gasteiger partial charge in [-0.05, 0) is 53.6 Å². The summed E-state index contributed by atoms with van der Waals surface area (Å²) in [5, 5.41) is 37.5. The number of carbonyl (C=O) groups is 1. The molecule has 0 radical (unpaired) electrons. The molecule has 4 aromatic carbocycles. The van der Waals surface area contributed by atoms with E-state index in [1.807, 2.05) is 94.2 Å². The van der Waals surface area contributed by atoms with Crippen molar-refractivity contribution in [2.75, 3.05) is 11.9 Å². The fraction of sp³-hybridized carbons (Fsp3) is 0.222. The fourth-order valence-corrected chi connectivity index (χ4v) is 7.40. The summed E-state index contributed by atoms with van der Waals surface area (Å²) in [5.41, 5.74) is 4.76. The van der Waals surface area contributed by atoms with Crippen LogP contribution in [0.1, 0.15) is 65.4 Å². The van der Waals surface area contributed by atoms with Crippen molar-refractivity contribution >= 4 is 33.3 Å². The number of anilines is 1. The summed E-state index contributed by atoms with van der Waals surface area (Å²) >= 11 is 0. The molecule has 3 unspecified atom stereocenters. The molecule has 0 fully saturated rings. The summed E-state index contributed by atoms with van der Waals surface area (Å²) < 4.78 is 5.51. The van der Waals surface area contributed by atoms with Crippen LogP contribution in [-0.2, 0) is 37.3 Å². The monoisotopic (exact) mass is 760 g/mol. The molecule has 8 rings (SSSR count). The van der Waals surface area contributed by atoms with E-state index in [1.54, 1.807) is 42.0 Å². The lowest BCUT2D eigenvalue weighted by Crippen LogP contribution is -2.31. The molecule has 0 bridgehead atoms. The van der Waals surface area contributed by atoms with Gasteiger partial charge in [-0.25, -0.2) is 15.0 Å². The lowest BCUT2D eigenvalue weighted by atomic mass is 10.1. The highest BCUT2D eigenvalue weighted by Gasteiger charge is 2.26. The Bertz CT molecular complexity index is 2650. The Morgan fingerprint density at radius 2 is 1.33 bits per heavy atom. The molecule has 12 heteroatoms. The largest absolute Gasteiger partial charge is 0.385 e. The average Bonchev–Trinajstić information content (AvgIpc) is 3.97. The topological polar surface area (TPSA) is 147 Å². The zero-order valence-electron chi connectivity index (χ0n) is 31.8. The number of fused-ring (bicyclic) bond motifs is 2. The van der Waals surface area contributed by atoms with Crippen LogP contribution in [0, 0.1) is 0 Å². The van der Waals surface area contributed by atoms with E-state index in [1.165, 1.54) is 0 Å². The minimum absolute atomic E-state index is 0.0714. The molecule has 8 aromatic rings. The highest BCUT2D eigenvalue weighted by Crippen LogP contribution is 2.27. The minimum atomic E-state index is -1.11. The normalized spacial score (nSPS) is 13.2. The lowest BCUT2D eigenvalue weighted by Gasteiger charge is -2.21. The Hall–Kier alpha value is -6.47. The Morgan fingerprint density at radius 3 is 2.11 bits per heavy atom. The molecule has 4 heterocycles. The smallest absolute Gasteiger partial charge is 0.246 e. The third-order valence-corrected chi connectivity index (χ3v) is 10.4.